The number of rotatable bonds is 2. The van der Waals surface area contributed by atoms with Crippen molar-refractivity contribution in [2.24, 2.45) is 11.7 Å². The van der Waals surface area contributed by atoms with Crippen molar-refractivity contribution in [3.05, 3.63) is 35.1 Å². The lowest BCUT2D eigenvalue weighted by atomic mass is 10.00. The molecule has 0 amide bonds. The highest BCUT2D eigenvalue weighted by Crippen LogP contribution is 2.41. The fourth-order valence-corrected chi connectivity index (χ4v) is 1.68. The molecule has 1 aromatic carbocycles. The molecule has 1 nitrogen and oxygen atoms in total. The summed E-state index contributed by atoms with van der Waals surface area (Å²) in [5, 5.41) is 0. The second-order valence-electron chi connectivity index (χ2n) is 4.10. The standard InChI is InChI=1S/C11H11F4N.ClH/c12-9-4-3-7(11(13,14)15)5-8(9)10(16)6-1-2-6;/h3-6,10H,1-2,16H2;1H/t10-;/m0./s1. The number of halogens is 5. The van der Waals surface area contributed by atoms with Gasteiger partial charge in [-0.1, -0.05) is 0 Å². The Morgan fingerprint density at radius 2 is 1.82 bits per heavy atom. The molecule has 0 aliphatic heterocycles. The van der Waals surface area contributed by atoms with Gasteiger partial charge in [0.1, 0.15) is 5.82 Å². The molecule has 96 valence electrons. The SMILES string of the molecule is Cl.N[C@H](c1cc(C(F)(F)F)ccc1F)C1CC1. The van der Waals surface area contributed by atoms with E-state index in [0.29, 0.717) is 0 Å². The van der Waals surface area contributed by atoms with Crippen LogP contribution in [0.1, 0.15) is 30.0 Å². The molecule has 0 aromatic heterocycles. The summed E-state index contributed by atoms with van der Waals surface area (Å²) >= 11 is 0. The van der Waals surface area contributed by atoms with E-state index in [1.165, 1.54) is 0 Å². The molecule has 2 N–H and O–H groups in total. The van der Waals surface area contributed by atoms with Crippen LogP contribution in [0.15, 0.2) is 18.2 Å². The van der Waals surface area contributed by atoms with Gasteiger partial charge >= 0.3 is 6.18 Å². The van der Waals surface area contributed by atoms with Crippen molar-refractivity contribution in [1.29, 1.82) is 0 Å². The monoisotopic (exact) mass is 269 g/mol. The molecule has 1 atom stereocenters. The van der Waals surface area contributed by atoms with E-state index in [0.717, 1.165) is 31.0 Å². The van der Waals surface area contributed by atoms with E-state index >= 15 is 0 Å². The summed E-state index contributed by atoms with van der Waals surface area (Å²) in [6.07, 6.45) is -2.74. The van der Waals surface area contributed by atoms with Gasteiger partial charge in [-0.3, -0.25) is 0 Å². The van der Waals surface area contributed by atoms with E-state index in [2.05, 4.69) is 0 Å². The smallest absolute Gasteiger partial charge is 0.324 e. The number of alkyl halides is 3. The number of benzene rings is 1. The highest BCUT2D eigenvalue weighted by molar-refractivity contribution is 5.85. The van der Waals surface area contributed by atoms with Gasteiger partial charge < -0.3 is 5.73 Å². The second kappa shape index (κ2) is 4.82. The largest absolute Gasteiger partial charge is 0.416 e. The molecule has 0 heterocycles. The summed E-state index contributed by atoms with van der Waals surface area (Å²) < 4.78 is 50.6. The van der Waals surface area contributed by atoms with E-state index in [-0.39, 0.29) is 23.9 Å². The third-order valence-corrected chi connectivity index (χ3v) is 2.81. The molecule has 1 aromatic rings. The predicted octanol–water partition coefficient (Wildman–Crippen LogP) is 3.68. The van der Waals surface area contributed by atoms with Gasteiger partial charge in [0.2, 0.25) is 0 Å². The average Bonchev–Trinajstić information content (AvgIpc) is 2.98. The molecule has 1 aliphatic carbocycles. The van der Waals surface area contributed by atoms with Gasteiger partial charge in [-0.05, 0) is 37.0 Å². The van der Waals surface area contributed by atoms with Gasteiger partial charge in [-0.2, -0.15) is 13.2 Å². The van der Waals surface area contributed by atoms with Crippen LogP contribution in [0.5, 0.6) is 0 Å². The van der Waals surface area contributed by atoms with Crippen LogP contribution in [0, 0.1) is 11.7 Å². The minimum atomic E-state index is -4.45. The van der Waals surface area contributed by atoms with Gasteiger partial charge in [0, 0.05) is 11.6 Å². The highest BCUT2D eigenvalue weighted by Gasteiger charge is 2.35. The van der Waals surface area contributed by atoms with E-state index in [1.807, 2.05) is 0 Å². The molecule has 6 heteroatoms. The molecule has 1 saturated carbocycles. The van der Waals surface area contributed by atoms with E-state index in [4.69, 9.17) is 5.73 Å². The minimum absolute atomic E-state index is 0. The normalized spacial score (nSPS) is 17.5. The Morgan fingerprint density at radius 1 is 1.24 bits per heavy atom. The molecular formula is C11H12ClF4N. The topological polar surface area (TPSA) is 26.0 Å². The molecule has 0 radical (unpaired) electrons. The van der Waals surface area contributed by atoms with Crippen LogP contribution >= 0.6 is 12.4 Å². The molecular weight excluding hydrogens is 258 g/mol. The van der Waals surface area contributed by atoms with Crippen molar-refractivity contribution in [3.8, 4) is 0 Å². The van der Waals surface area contributed by atoms with E-state index in [9.17, 15) is 17.6 Å². The van der Waals surface area contributed by atoms with Crippen molar-refractivity contribution in [2.75, 3.05) is 0 Å². The zero-order chi connectivity index (χ0) is 11.9. The van der Waals surface area contributed by atoms with Crippen molar-refractivity contribution in [1.82, 2.24) is 0 Å². The molecule has 2 rings (SSSR count). The van der Waals surface area contributed by atoms with Crippen LogP contribution in [-0.2, 0) is 6.18 Å². The summed E-state index contributed by atoms with van der Waals surface area (Å²) in [6, 6.07) is 1.76. The Labute approximate surface area is 102 Å². The van der Waals surface area contributed by atoms with E-state index in [1.54, 1.807) is 0 Å². The number of nitrogens with two attached hydrogens (primary N) is 1. The molecule has 1 aliphatic rings. The summed E-state index contributed by atoms with van der Waals surface area (Å²) in [5.74, 6) is -0.537. The summed E-state index contributed by atoms with van der Waals surface area (Å²) in [7, 11) is 0. The number of hydrogen-bond acceptors (Lipinski definition) is 1. The van der Waals surface area contributed by atoms with Gasteiger partial charge in [0.25, 0.3) is 0 Å². The predicted molar refractivity (Wildman–Crippen MR) is 58.3 cm³/mol. The zero-order valence-corrected chi connectivity index (χ0v) is 9.61. The third-order valence-electron chi connectivity index (χ3n) is 2.81. The van der Waals surface area contributed by atoms with Crippen molar-refractivity contribution >= 4 is 12.4 Å². The molecule has 0 spiro atoms. The van der Waals surface area contributed by atoms with Gasteiger partial charge in [0.15, 0.2) is 0 Å². The maximum atomic E-state index is 13.3. The van der Waals surface area contributed by atoms with Crippen LogP contribution in [0.3, 0.4) is 0 Å². The van der Waals surface area contributed by atoms with Crippen LogP contribution in [-0.4, -0.2) is 0 Å². The number of hydrogen-bond donors (Lipinski definition) is 1. The van der Waals surface area contributed by atoms with Gasteiger partial charge in [0.05, 0.1) is 5.56 Å². The van der Waals surface area contributed by atoms with Crippen LogP contribution in [0.2, 0.25) is 0 Å². The lowest BCUT2D eigenvalue weighted by Crippen LogP contribution is -2.16. The maximum absolute atomic E-state index is 13.3. The average molecular weight is 270 g/mol. The molecule has 17 heavy (non-hydrogen) atoms. The Morgan fingerprint density at radius 3 is 2.29 bits per heavy atom. The maximum Gasteiger partial charge on any atom is 0.416 e. The first kappa shape index (κ1) is 14.3. The summed E-state index contributed by atoms with van der Waals surface area (Å²) in [4.78, 5) is 0. The van der Waals surface area contributed by atoms with Crippen molar-refractivity contribution < 1.29 is 17.6 Å². The fourth-order valence-electron chi connectivity index (χ4n) is 1.68. The highest BCUT2D eigenvalue weighted by atomic mass is 35.5. The van der Waals surface area contributed by atoms with Crippen LogP contribution in [0.25, 0.3) is 0 Å². The lowest BCUT2D eigenvalue weighted by molar-refractivity contribution is -0.137. The molecule has 1 fully saturated rings. The first-order valence-corrected chi connectivity index (χ1v) is 5.02. The second-order valence-corrected chi connectivity index (χ2v) is 4.10. The Kier molecular flexibility index (Phi) is 4.04. The lowest BCUT2D eigenvalue weighted by Gasteiger charge is -2.14. The fraction of sp³-hybridized carbons (Fsp3) is 0.455. The first-order chi connectivity index (χ1) is 7.39. The van der Waals surface area contributed by atoms with E-state index < -0.39 is 23.6 Å². The quantitative estimate of drug-likeness (QED) is 0.815. The van der Waals surface area contributed by atoms with Gasteiger partial charge in [-0.25, -0.2) is 4.39 Å². The Balaban J connectivity index is 0.00000144. The van der Waals surface area contributed by atoms with Crippen LogP contribution < -0.4 is 5.73 Å². The first-order valence-electron chi connectivity index (χ1n) is 5.02. The molecule has 0 saturated heterocycles. The van der Waals surface area contributed by atoms with Crippen molar-refractivity contribution in [3.63, 3.8) is 0 Å². The molecule has 0 unspecified atom stereocenters. The Bertz CT molecular complexity index is 401. The van der Waals surface area contributed by atoms with Crippen LogP contribution in [0.4, 0.5) is 17.6 Å². The zero-order valence-electron chi connectivity index (χ0n) is 8.80. The van der Waals surface area contributed by atoms with Crippen molar-refractivity contribution in [2.45, 2.75) is 25.1 Å². The van der Waals surface area contributed by atoms with Gasteiger partial charge in [-0.15, -0.1) is 12.4 Å². The summed E-state index contributed by atoms with van der Waals surface area (Å²) in [5.41, 5.74) is 4.83. The Hall–Kier alpha value is -0.810. The minimum Gasteiger partial charge on any atom is -0.324 e. The third kappa shape index (κ3) is 3.10. The molecule has 0 bridgehead atoms. The summed E-state index contributed by atoms with van der Waals surface area (Å²) in [6.45, 7) is 0.